The number of benzene rings is 2. The third kappa shape index (κ3) is 7.38. The Balaban J connectivity index is 1.45. The topological polar surface area (TPSA) is 135 Å². The Hall–Kier alpha value is -4.32. The minimum absolute atomic E-state index is 0.0733. The number of hydrogen-bond donors (Lipinski definition) is 2. The number of nitrogens with zero attached hydrogens (tertiary/aromatic N) is 2. The van der Waals surface area contributed by atoms with Crippen molar-refractivity contribution >= 4 is 23.7 Å². The van der Waals surface area contributed by atoms with Crippen LogP contribution < -0.4 is 5.32 Å². The van der Waals surface area contributed by atoms with Gasteiger partial charge in [-0.3, -0.25) is 19.2 Å². The largest absolute Gasteiger partial charge is 0.455 e. The van der Waals surface area contributed by atoms with E-state index in [4.69, 9.17) is 14.2 Å². The molecule has 272 valence electrons. The SMILES string of the molecule is CCCCCN1CC=C[C@@]23O[C@H]4/C=C\CCC(=O)N[C@@H](COC)[C@H](c5ccccc5)OC(=O)[C@H]4[C@@H]2C(=O)N([C@@H](CO)Cc2ccccc2)[C@H]3C1=O. The maximum atomic E-state index is 15.0. The van der Waals surface area contributed by atoms with Gasteiger partial charge < -0.3 is 34.4 Å². The first kappa shape index (κ1) is 36.5. The number of cyclic esters (lactones) is 1. The molecule has 11 nitrogen and oxygen atoms in total. The van der Waals surface area contributed by atoms with Crippen LogP contribution in [-0.2, 0) is 39.8 Å². The molecule has 0 radical (unpaired) electrons. The number of hydrogen-bond acceptors (Lipinski definition) is 8. The molecule has 2 fully saturated rings. The lowest BCUT2D eigenvalue weighted by molar-refractivity contribution is -0.163. The number of carbonyl (C=O) groups is 4. The van der Waals surface area contributed by atoms with Gasteiger partial charge in [-0.05, 0) is 30.4 Å². The number of fused-ring (bicyclic) bond motifs is 2. The number of esters is 1. The highest BCUT2D eigenvalue weighted by Gasteiger charge is 2.72. The summed E-state index contributed by atoms with van der Waals surface area (Å²) in [7, 11) is 1.51. The molecule has 4 aliphatic heterocycles. The molecule has 6 rings (SSSR count). The summed E-state index contributed by atoms with van der Waals surface area (Å²) in [5.41, 5.74) is 0.0495. The van der Waals surface area contributed by atoms with E-state index in [9.17, 15) is 19.5 Å². The quantitative estimate of drug-likeness (QED) is 0.207. The molecular formula is C40H49N3O8. The van der Waals surface area contributed by atoms with Crippen molar-refractivity contribution in [2.75, 3.05) is 33.4 Å². The number of carbonyl (C=O) groups excluding carboxylic acids is 4. The molecule has 0 aromatic heterocycles. The summed E-state index contributed by atoms with van der Waals surface area (Å²) < 4.78 is 18.7. The zero-order chi connectivity index (χ0) is 36.0. The summed E-state index contributed by atoms with van der Waals surface area (Å²) in [6.07, 6.45) is 8.91. The van der Waals surface area contributed by atoms with Crippen LogP contribution in [0, 0.1) is 11.8 Å². The monoisotopic (exact) mass is 699 g/mol. The molecule has 2 N–H and O–H groups in total. The number of ether oxygens (including phenoxy) is 3. The Labute approximate surface area is 299 Å². The number of amides is 3. The number of methoxy groups -OCH3 is 1. The van der Waals surface area contributed by atoms with Gasteiger partial charge in [0.2, 0.25) is 17.7 Å². The van der Waals surface area contributed by atoms with Gasteiger partial charge in [-0.25, -0.2) is 0 Å². The summed E-state index contributed by atoms with van der Waals surface area (Å²) in [5, 5.41) is 13.8. The van der Waals surface area contributed by atoms with Crippen molar-refractivity contribution in [1.82, 2.24) is 15.1 Å². The highest BCUT2D eigenvalue weighted by molar-refractivity contribution is 5.99. The molecular weight excluding hydrogens is 650 g/mol. The van der Waals surface area contributed by atoms with Gasteiger partial charge in [0.05, 0.1) is 37.3 Å². The van der Waals surface area contributed by atoms with Crippen LogP contribution in [0.15, 0.2) is 85.0 Å². The van der Waals surface area contributed by atoms with Crippen LogP contribution in [0.1, 0.15) is 56.3 Å². The molecule has 0 saturated carbocycles. The number of aliphatic hydroxyl groups excluding tert-OH is 1. The van der Waals surface area contributed by atoms with E-state index in [2.05, 4.69) is 12.2 Å². The molecule has 51 heavy (non-hydrogen) atoms. The van der Waals surface area contributed by atoms with E-state index in [0.29, 0.717) is 31.5 Å². The number of nitrogens with one attached hydrogen (secondary N) is 1. The molecule has 8 atom stereocenters. The Morgan fingerprint density at radius 2 is 1.75 bits per heavy atom. The standard InChI is InChI=1S/C40H49N3O8/c1-3-4-13-22-42-23-14-21-40-34(37(46)43(36(40)38(42)47)29(25-44)24-27-15-7-5-8-16-27)33-31(51-40)19-11-12-20-32(45)41-30(26-49-2)35(50-39(33)48)28-17-9-6-10-18-28/h5-11,14-19,21,29-31,33-36,44H,3-4,12-13,20,22-26H2,1-2H3,(H,41,45)/b19-11-/t29-,30+,31+,33-,34-,35+,36+,40-/m1/s1. The number of likely N-dealkylation sites (tertiary alicyclic amines) is 1. The fourth-order valence-corrected chi connectivity index (χ4v) is 8.16. The van der Waals surface area contributed by atoms with Crippen LogP contribution in [0.3, 0.4) is 0 Å². The second-order valence-corrected chi connectivity index (χ2v) is 13.9. The van der Waals surface area contributed by atoms with E-state index < -0.39 is 59.6 Å². The van der Waals surface area contributed by atoms with Gasteiger partial charge in [0.25, 0.3) is 0 Å². The zero-order valence-corrected chi connectivity index (χ0v) is 29.4. The van der Waals surface area contributed by atoms with E-state index in [0.717, 1.165) is 24.8 Å². The fourth-order valence-electron chi connectivity index (χ4n) is 8.16. The Morgan fingerprint density at radius 1 is 1.00 bits per heavy atom. The second kappa shape index (κ2) is 16.4. The molecule has 4 aliphatic rings. The molecule has 1 spiro atoms. The van der Waals surface area contributed by atoms with Crippen molar-refractivity contribution in [2.45, 2.75) is 81.4 Å². The van der Waals surface area contributed by atoms with Crippen molar-refractivity contribution < 1.29 is 38.5 Å². The second-order valence-electron chi connectivity index (χ2n) is 13.9. The lowest BCUT2D eigenvalue weighted by atomic mass is 9.77. The van der Waals surface area contributed by atoms with E-state index in [1.807, 2.05) is 66.7 Å². The third-order valence-electron chi connectivity index (χ3n) is 10.5. The van der Waals surface area contributed by atoms with Crippen molar-refractivity contribution in [3.8, 4) is 0 Å². The summed E-state index contributed by atoms with van der Waals surface area (Å²) in [5.74, 6) is -3.85. The van der Waals surface area contributed by atoms with Crippen LogP contribution in [-0.4, -0.2) is 102 Å². The van der Waals surface area contributed by atoms with Crippen molar-refractivity contribution in [1.29, 1.82) is 0 Å². The average Bonchev–Trinajstić information content (AvgIpc) is 3.53. The number of unbranched alkanes of at least 4 members (excludes halogenated alkanes) is 2. The molecule has 0 unspecified atom stereocenters. The summed E-state index contributed by atoms with van der Waals surface area (Å²) >= 11 is 0. The van der Waals surface area contributed by atoms with Crippen LogP contribution >= 0.6 is 0 Å². The molecule has 0 bridgehead atoms. The Kier molecular flexibility index (Phi) is 11.7. The first-order valence-corrected chi connectivity index (χ1v) is 18.1. The summed E-state index contributed by atoms with van der Waals surface area (Å²) in [4.78, 5) is 60.7. The predicted octanol–water partition coefficient (Wildman–Crippen LogP) is 3.53. The van der Waals surface area contributed by atoms with E-state index in [-0.39, 0.29) is 31.4 Å². The molecule has 3 amide bonds. The van der Waals surface area contributed by atoms with Gasteiger partial charge in [0.1, 0.15) is 23.7 Å². The number of rotatable bonds is 11. The summed E-state index contributed by atoms with van der Waals surface area (Å²) in [6.45, 7) is 2.63. The fraction of sp³-hybridized carbons (Fsp3) is 0.500. The van der Waals surface area contributed by atoms with E-state index >= 15 is 4.79 Å². The Bertz CT molecular complexity index is 1600. The maximum Gasteiger partial charge on any atom is 0.313 e. The molecule has 4 heterocycles. The third-order valence-corrected chi connectivity index (χ3v) is 10.5. The number of allylic oxidation sites excluding steroid dienone is 1. The Morgan fingerprint density at radius 3 is 2.45 bits per heavy atom. The van der Waals surface area contributed by atoms with Crippen molar-refractivity contribution in [3.05, 3.63) is 96.1 Å². The lowest BCUT2D eigenvalue weighted by Gasteiger charge is -2.38. The van der Waals surface area contributed by atoms with Crippen molar-refractivity contribution in [3.63, 3.8) is 0 Å². The van der Waals surface area contributed by atoms with Crippen LogP contribution in [0.5, 0.6) is 0 Å². The van der Waals surface area contributed by atoms with E-state index in [1.165, 1.54) is 12.0 Å². The van der Waals surface area contributed by atoms with Crippen LogP contribution in [0.2, 0.25) is 0 Å². The molecule has 0 aliphatic carbocycles. The van der Waals surface area contributed by atoms with Crippen LogP contribution in [0.25, 0.3) is 0 Å². The normalized spacial score (nSPS) is 30.6. The highest BCUT2D eigenvalue weighted by Crippen LogP contribution is 2.54. The van der Waals surface area contributed by atoms with E-state index in [1.54, 1.807) is 23.1 Å². The minimum Gasteiger partial charge on any atom is -0.455 e. The van der Waals surface area contributed by atoms with Gasteiger partial charge in [0.15, 0.2) is 0 Å². The minimum atomic E-state index is -1.50. The van der Waals surface area contributed by atoms with Crippen molar-refractivity contribution in [2.24, 2.45) is 11.8 Å². The zero-order valence-electron chi connectivity index (χ0n) is 29.4. The smallest absolute Gasteiger partial charge is 0.313 e. The maximum absolute atomic E-state index is 15.0. The first-order valence-electron chi connectivity index (χ1n) is 18.1. The molecule has 11 heteroatoms. The molecule has 2 saturated heterocycles. The first-order chi connectivity index (χ1) is 24.8. The van der Waals surface area contributed by atoms with Gasteiger partial charge in [-0.2, -0.15) is 0 Å². The van der Waals surface area contributed by atoms with Gasteiger partial charge in [0, 0.05) is 26.6 Å². The lowest BCUT2D eigenvalue weighted by Crippen LogP contribution is -2.58. The predicted molar refractivity (Wildman–Crippen MR) is 189 cm³/mol. The van der Waals surface area contributed by atoms with Gasteiger partial charge in [-0.15, -0.1) is 0 Å². The van der Waals surface area contributed by atoms with Crippen LogP contribution in [0.4, 0.5) is 0 Å². The van der Waals surface area contributed by atoms with Gasteiger partial charge in [-0.1, -0.05) is 105 Å². The van der Waals surface area contributed by atoms with Gasteiger partial charge >= 0.3 is 5.97 Å². The average molecular weight is 700 g/mol. The number of aliphatic hydroxyl groups is 1. The molecule has 2 aromatic carbocycles. The molecule has 2 aromatic rings. The highest BCUT2D eigenvalue weighted by atomic mass is 16.6. The summed E-state index contributed by atoms with van der Waals surface area (Å²) in [6, 6.07) is 16.1.